The molecular formula is C13H14F2O5. The smallest absolute Gasteiger partial charge is 0.482 e. The second kappa shape index (κ2) is 4.81. The zero-order chi connectivity index (χ0) is 15.0. The van der Waals surface area contributed by atoms with Crippen LogP contribution in [-0.2, 0) is 9.53 Å². The molecule has 20 heavy (non-hydrogen) atoms. The number of halogens is 2. The van der Waals surface area contributed by atoms with Gasteiger partial charge in [0, 0.05) is 6.07 Å². The molecule has 0 unspecified atom stereocenters. The third-order valence-electron chi connectivity index (χ3n) is 2.15. The van der Waals surface area contributed by atoms with E-state index in [0.717, 1.165) is 0 Å². The van der Waals surface area contributed by atoms with Crippen LogP contribution in [0.25, 0.3) is 0 Å². The number of hydrogen-bond donors (Lipinski definition) is 0. The van der Waals surface area contributed by atoms with E-state index >= 15 is 0 Å². The molecule has 1 heterocycles. The summed E-state index contributed by atoms with van der Waals surface area (Å²) in [5.41, 5.74) is -0.614. The second-order valence-electron chi connectivity index (χ2n) is 5.15. The molecule has 0 amide bonds. The third-order valence-corrected chi connectivity index (χ3v) is 2.15. The van der Waals surface area contributed by atoms with Crippen LogP contribution in [0.4, 0.5) is 8.78 Å². The summed E-state index contributed by atoms with van der Waals surface area (Å²) < 4.78 is 44.3. The number of ether oxygens (including phenoxy) is 4. The molecule has 0 saturated carbocycles. The molecule has 2 rings (SSSR count). The highest BCUT2D eigenvalue weighted by atomic mass is 19.3. The van der Waals surface area contributed by atoms with Crippen molar-refractivity contribution in [3.63, 3.8) is 0 Å². The minimum Gasteiger partial charge on any atom is -0.482 e. The molecule has 1 aliphatic rings. The van der Waals surface area contributed by atoms with E-state index in [1.54, 1.807) is 20.8 Å². The fourth-order valence-corrected chi connectivity index (χ4v) is 1.53. The monoisotopic (exact) mass is 288 g/mol. The van der Waals surface area contributed by atoms with Gasteiger partial charge in [-0.1, -0.05) is 0 Å². The molecule has 0 fully saturated rings. The Kier molecular flexibility index (Phi) is 3.45. The number of carbonyl (C=O) groups is 1. The second-order valence-corrected chi connectivity index (χ2v) is 5.15. The first-order chi connectivity index (χ1) is 9.15. The quantitative estimate of drug-likeness (QED) is 0.800. The Morgan fingerprint density at radius 1 is 1.25 bits per heavy atom. The molecule has 1 aromatic rings. The zero-order valence-electron chi connectivity index (χ0n) is 11.2. The van der Waals surface area contributed by atoms with Crippen molar-refractivity contribution in [1.29, 1.82) is 0 Å². The largest absolute Gasteiger partial charge is 0.586 e. The Morgan fingerprint density at radius 3 is 2.55 bits per heavy atom. The van der Waals surface area contributed by atoms with Crippen molar-refractivity contribution in [1.82, 2.24) is 0 Å². The minimum atomic E-state index is -3.67. The lowest BCUT2D eigenvalue weighted by Gasteiger charge is -2.19. The summed E-state index contributed by atoms with van der Waals surface area (Å²) in [5.74, 6) is -0.576. The maximum Gasteiger partial charge on any atom is 0.586 e. The van der Waals surface area contributed by atoms with Crippen LogP contribution in [0.1, 0.15) is 20.8 Å². The van der Waals surface area contributed by atoms with Crippen LogP contribution in [0.3, 0.4) is 0 Å². The lowest BCUT2D eigenvalue weighted by atomic mass is 10.2. The lowest BCUT2D eigenvalue weighted by molar-refractivity contribution is -0.286. The van der Waals surface area contributed by atoms with E-state index in [-0.39, 0.29) is 23.9 Å². The lowest BCUT2D eigenvalue weighted by Crippen LogP contribution is -2.27. The average Bonchev–Trinajstić information content (AvgIpc) is 2.57. The van der Waals surface area contributed by atoms with Gasteiger partial charge in [0.2, 0.25) is 0 Å². The number of rotatable bonds is 3. The molecule has 1 aliphatic heterocycles. The predicted octanol–water partition coefficient (Wildman–Crippen LogP) is 2.73. The summed E-state index contributed by atoms with van der Waals surface area (Å²) in [4.78, 5) is 11.4. The maximum atomic E-state index is 12.8. The normalized spacial score (nSPS) is 15.8. The Hall–Kier alpha value is -2.05. The van der Waals surface area contributed by atoms with E-state index in [9.17, 15) is 13.6 Å². The molecule has 1 aromatic carbocycles. The first-order valence-electron chi connectivity index (χ1n) is 5.89. The molecular weight excluding hydrogens is 274 g/mol. The fraction of sp³-hybridized carbons (Fsp3) is 0.462. The number of esters is 1. The third kappa shape index (κ3) is 3.72. The fourth-order valence-electron chi connectivity index (χ4n) is 1.53. The summed E-state index contributed by atoms with van der Waals surface area (Å²) in [5, 5.41) is 0. The molecule has 7 heteroatoms. The van der Waals surface area contributed by atoms with E-state index in [4.69, 9.17) is 9.47 Å². The topological polar surface area (TPSA) is 54.0 Å². The van der Waals surface area contributed by atoms with Crippen molar-refractivity contribution >= 4 is 5.97 Å². The average molecular weight is 288 g/mol. The van der Waals surface area contributed by atoms with E-state index in [2.05, 4.69) is 9.47 Å². The maximum absolute atomic E-state index is 12.8. The molecule has 0 atom stereocenters. The highest BCUT2D eigenvalue weighted by molar-refractivity contribution is 5.71. The number of fused-ring (bicyclic) bond motifs is 1. The van der Waals surface area contributed by atoms with Crippen LogP contribution in [0.15, 0.2) is 18.2 Å². The zero-order valence-corrected chi connectivity index (χ0v) is 11.2. The van der Waals surface area contributed by atoms with Crippen LogP contribution in [0.5, 0.6) is 17.2 Å². The summed E-state index contributed by atoms with van der Waals surface area (Å²) in [6, 6.07) is 3.90. The van der Waals surface area contributed by atoms with Crippen LogP contribution >= 0.6 is 0 Å². The first-order valence-corrected chi connectivity index (χ1v) is 5.89. The molecule has 0 radical (unpaired) electrons. The van der Waals surface area contributed by atoms with Gasteiger partial charge in [0.25, 0.3) is 0 Å². The van der Waals surface area contributed by atoms with Gasteiger partial charge >= 0.3 is 12.3 Å². The molecule has 110 valence electrons. The van der Waals surface area contributed by atoms with Crippen molar-refractivity contribution < 1.29 is 32.5 Å². The number of carbonyl (C=O) groups excluding carboxylic acids is 1. The van der Waals surface area contributed by atoms with Gasteiger partial charge in [-0.2, -0.15) is 0 Å². The van der Waals surface area contributed by atoms with Crippen LogP contribution < -0.4 is 14.2 Å². The minimum absolute atomic E-state index is 0.0837. The van der Waals surface area contributed by atoms with Gasteiger partial charge in [0.05, 0.1) is 0 Å². The van der Waals surface area contributed by atoms with Crippen molar-refractivity contribution in [2.45, 2.75) is 32.7 Å². The van der Waals surface area contributed by atoms with Gasteiger partial charge in [-0.15, -0.1) is 8.78 Å². The van der Waals surface area contributed by atoms with Crippen LogP contribution in [0.2, 0.25) is 0 Å². The van der Waals surface area contributed by atoms with E-state index in [1.165, 1.54) is 18.2 Å². The molecule has 0 aromatic heterocycles. The summed E-state index contributed by atoms with van der Waals surface area (Å²) in [6.45, 7) is 4.86. The Bertz CT molecular complexity index is 522. The van der Waals surface area contributed by atoms with Crippen molar-refractivity contribution in [2.24, 2.45) is 0 Å². The number of benzene rings is 1. The van der Waals surface area contributed by atoms with Gasteiger partial charge in [-0.25, -0.2) is 4.79 Å². The van der Waals surface area contributed by atoms with E-state index in [1.807, 2.05) is 0 Å². The molecule has 0 spiro atoms. The van der Waals surface area contributed by atoms with E-state index < -0.39 is 17.9 Å². The SMILES string of the molecule is CC(C)(C)OC(=O)COc1ccc2c(c1)OC(F)(F)O2. The van der Waals surface area contributed by atoms with Crippen LogP contribution in [-0.4, -0.2) is 24.5 Å². The molecule has 5 nitrogen and oxygen atoms in total. The van der Waals surface area contributed by atoms with Gasteiger partial charge in [-0.3, -0.25) is 0 Å². The molecule has 0 N–H and O–H groups in total. The summed E-state index contributed by atoms with van der Waals surface area (Å²) in [7, 11) is 0. The number of alkyl halides is 2. The molecule has 0 aliphatic carbocycles. The Labute approximate surface area is 114 Å². The summed E-state index contributed by atoms with van der Waals surface area (Å²) in [6.07, 6.45) is -3.67. The van der Waals surface area contributed by atoms with Crippen LogP contribution in [0, 0.1) is 0 Å². The summed E-state index contributed by atoms with van der Waals surface area (Å²) >= 11 is 0. The highest BCUT2D eigenvalue weighted by Gasteiger charge is 2.43. The van der Waals surface area contributed by atoms with Gasteiger partial charge in [0.15, 0.2) is 18.1 Å². The van der Waals surface area contributed by atoms with Crippen molar-refractivity contribution in [3.8, 4) is 17.2 Å². The standard InChI is InChI=1S/C13H14F2O5/c1-12(2,3)20-11(16)7-17-8-4-5-9-10(6-8)19-13(14,15)18-9/h4-6H,7H2,1-3H3. The van der Waals surface area contributed by atoms with Gasteiger partial charge < -0.3 is 18.9 Å². The van der Waals surface area contributed by atoms with Crippen molar-refractivity contribution in [2.75, 3.05) is 6.61 Å². The van der Waals surface area contributed by atoms with Crippen molar-refractivity contribution in [3.05, 3.63) is 18.2 Å². The van der Waals surface area contributed by atoms with Gasteiger partial charge in [-0.05, 0) is 32.9 Å². The Morgan fingerprint density at radius 2 is 1.90 bits per heavy atom. The van der Waals surface area contributed by atoms with Gasteiger partial charge in [0.1, 0.15) is 11.4 Å². The molecule has 0 saturated heterocycles. The van der Waals surface area contributed by atoms with E-state index in [0.29, 0.717) is 0 Å². The highest BCUT2D eigenvalue weighted by Crippen LogP contribution is 2.42. The number of hydrogen-bond acceptors (Lipinski definition) is 5. The molecule has 0 bridgehead atoms. The predicted molar refractivity (Wildman–Crippen MR) is 64.0 cm³/mol. The first kappa shape index (κ1) is 14.4. The Balaban J connectivity index is 1.94.